The fourth-order valence-electron chi connectivity index (χ4n) is 2.99. The molecule has 30 heavy (non-hydrogen) atoms. The Balaban J connectivity index is 1.54. The normalized spacial score (nSPS) is 13.7. The van der Waals surface area contributed by atoms with Crippen molar-refractivity contribution in [3.05, 3.63) is 66.2 Å². The zero-order chi connectivity index (χ0) is 21.0. The highest BCUT2D eigenvalue weighted by atomic mass is 19.4. The van der Waals surface area contributed by atoms with E-state index in [9.17, 15) is 13.2 Å². The average molecular weight is 414 g/mol. The van der Waals surface area contributed by atoms with Crippen LogP contribution in [0.1, 0.15) is 18.4 Å². The molecule has 0 radical (unpaired) electrons. The number of rotatable bonds is 8. The first-order chi connectivity index (χ1) is 14.4. The van der Waals surface area contributed by atoms with Crippen molar-refractivity contribution in [3.8, 4) is 17.0 Å². The second-order valence-corrected chi connectivity index (χ2v) is 7.12. The molecule has 1 heterocycles. The largest absolute Gasteiger partial charge is 0.573 e. The molecule has 1 aliphatic carbocycles. The minimum atomic E-state index is -4.74. The summed E-state index contributed by atoms with van der Waals surface area (Å²) in [5.74, 6) is 0.787. The van der Waals surface area contributed by atoms with E-state index in [1.54, 1.807) is 12.1 Å². The van der Waals surface area contributed by atoms with Gasteiger partial charge in [0.1, 0.15) is 11.6 Å². The highest BCUT2D eigenvalue weighted by Gasteiger charge is 2.31. The molecule has 0 saturated heterocycles. The highest BCUT2D eigenvalue weighted by molar-refractivity contribution is 5.66. The van der Waals surface area contributed by atoms with Gasteiger partial charge >= 0.3 is 6.36 Å². The van der Waals surface area contributed by atoms with E-state index in [0.29, 0.717) is 35.6 Å². The third kappa shape index (κ3) is 5.85. The molecule has 5 nitrogen and oxygen atoms in total. The summed E-state index contributed by atoms with van der Waals surface area (Å²) in [5, 5.41) is 6.54. The number of alkyl halides is 3. The molecule has 0 amide bonds. The van der Waals surface area contributed by atoms with E-state index in [1.165, 1.54) is 23.8 Å². The van der Waals surface area contributed by atoms with E-state index in [1.807, 2.05) is 18.2 Å². The highest BCUT2D eigenvalue weighted by Crippen LogP contribution is 2.30. The summed E-state index contributed by atoms with van der Waals surface area (Å²) in [7, 11) is 0. The second kappa shape index (κ2) is 8.61. The van der Waals surface area contributed by atoms with Crippen LogP contribution in [-0.2, 0) is 6.42 Å². The summed E-state index contributed by atoms with van der Waals surface area (Å²) in [6.45, 7) is 0.667. The van der Waals surface area contributed by atoms with E-state index in [4.69, 9.17) is 0 Å². The molecule has 4 rings (SSSR count). The molecule has 1 aliphatic rings. The summed E-state index contributed by atoms with van der Waals surface area (Å²) in [4.78, 5) is 9.00. The Kier molecular flexibility index (Phi) is 5.74. The van der Waals surface area contributed by atoms with Crippen LogP contribution in [0.15, 0.2) is 60.7 Å². The molecule has 0 bridgehead atoms. The summed E-state index contributed by atoms with van der Waals surface area (Å²) >= 11 is 0. The summed E-state index contributed by atoms with van der Waals surface area (Å²) in [6, 6.07) is 17.9. The van der Waals surface area contributed by atoms with E-state index < -0.39 is 6.36 Å². The van der Waals surface area contributed by atoms with Gasteiger partial charge in [0.15, 0.2) is 0 Å². The van der Waals surface area contributed by atoms with Gasteiger partial charge < -0.3 is 15.4 Å². The molecule has 3 aromatic rings. The lowest BCUT2D eigenvalue weighted by molar-refractivity contribution is -0.274. The lowest BCUT2D eigenvalue weighted by Gasteiger charge is -2.13. The topological polar surface area (TPSA) is 59.1 Å². The van der Waals surface area contributed by atoms with Crippen LogP contribution in [0.4, 0.5) is 24.9 Å². The van der Waals surface area contributed by atoms with Crippen molar-refractivity contribution in [2.75, 3.05) is 17.2 Å². The van der Waals surface area contributed by atoms with Crippen LogP contribution in [0.3, 0.4) is 0 Å². The SMILES string of the molecule is FC(F)(F)Oc1cccc(-c2cc(NCCc3ccccc3)nc(NC3CC3)n2)c1. The van der Waals surface area contributed by atoms with Crippen molar-refractivity contribution < 1.29 is 17.9 Å². The van der Waals surface area contributed by atoms with Crippen molar-refractivity contribution in [1.82, 2.24) is 9.97 Å². The van der Waals surface area contributed by atoms with Gasteiger partial charge in [-0.3, -0.25) is 0 Å². The number of ether oxygens (including phenoxy) is 1. The third-order valence-corrected chi connectivity index (χ3v) is 4.56. The van der Waals surface area contributed by atoms with Gasteiger partial charge in [-0.15, -0.1) is 13.2 Å². The first kappa shape index (κ1) is 20.0. The molecule has 0 atom stereocenters. The molecule has 2 N–H and O–H groups in total. The van der Waals surface area contributed by atoms with Crippen LogP contribution in [0.25, 0.3) is 11.3 Å². The van der Waals surface area contributed by atoms with Crippen molar-refractivity contribution in [1.29, 1.82) is 0 Å². The molecular weight excluding hydrogens is 393 g/mol. The zero-order valence-electron chi connectivity index (χ0n) is 16.1. The van der Waals surface area contributed by atoms with Crippen LogP contribution in [0.5, 0.6) is 5.75 Å². The van der Waals surface area contributed by atoms with E-state index in [-0.39, 0.29) is 5.75 Å². The van der Waals surface area contributed by atoms with Crippen molar-refractivity contribution >= 4 is 11.8 Å². The van der Waals surface area contributed by atoms with Gasteiger partial charge in [-0.05, 0) is 37.0 Å². The van der Waals surface area contributed by atoms with Crippen LogP contribution >= 0.6 is 0 Å². The van der Waals surface area contributed by atoms with Gasteiger partial charge in [-0.1, -0.05) is 42.5 Å². The summed E-state index contributed by atoms with van der Waals surface area (Å²) in [6.07, 6.45) is -1.81. The Morgan fingerprint density at radius 2 is 1.77 bits per heavy atom. The van der Waals surface area contributed by atoms with Crippen LogP contribution in [-0.4, -0.2) is 28.9 Å². The molecule has 0 spiro atoms. The van der Waals surface area contributed by atoms with Crippen molar-refractivity contribution in [2.24, 2.45) is 0 Å². The Bertz CT molecular complexity index is 991. The lowest BCUT2D eigenvalue weighted by atomic mass is 10.1. The first-order valence-electron chi connectivity index (χ1n) is 9.74. The maximum Gasteiger partial charge on any atom is 0.573 e. The van der Waals surface area contributed by atoms with Gasteiger partial charge in [-0.25, -0.2) is 4.98 Å². The average Bonchev–Trinajstić information content (AvgIpc) is 3.52. The number of hydrogen-bond donors (Lipinski definition) is 2. The Labute approximate surface area is 172 Å². The maximum absolute atomic E-state index is 12.6. The van der Waals surface area contributed by atoms with Gasteiger partial charge in [0.2, 0.25) is 5.95 Å². The van der Waals surface area contributed by atoms with Gasteiger partial charge in [-0.2, -0.15) is 4.98 Å². The van der Waals surface area contributed by atoms with Crippen molar-refractivity contribution in [2.45, 2.75) is 31.7 Å². The smallest absolute Gasteiger partial charge is 0.406 e. The molecule has 1 fully saturated rings. The van der Waals surface area contributed by atoms with Crippen LogP contribution in [0, 0.1) is 0 Å². The van der Waals surface area contributed by atoms with E-state index in [2.05, 4.69) is 37.5 Å². The quantitative estimate of drug-likeness (QED) is 0.526. The molecule has 0 unspecified atom stereocenters. The number of aromatic nitrogens is 2. The first-order valence-corrected chi connectivity index (χ1v) is 9.74. The fraction of sp³-hybridized carbons (Fsp3) is 0.273. The third-order valence-electron chi connectivity index (χ3n) is 4.56. The molecule has 1 saturated carbocycles. The summed E-state index contributed by atoms with van der Waals surface area (Å²) in [5.41, 5.74) is 2.24. The van der Waals surface area contributed by atoms with E-state index >= 15 is 0 Å². The molecule has 0 aliphatic heterocycles. The fourth-order valence-corrected chi connectivity index (χ4v) is 2.99. The maximum atomic E-state index is 12.6. The van der Waals surface area contributed by atoms with Gasteiger partial charge in [0.05, 0.1) is 5.69 Å². The van der Waals surface area contributed by atoms with Crippen molar-refractivity contribution in [3.63, 3.8) is 0 Å². The molecule has 8 heteroatoms. The Hall–Kier alpha value is -3.29. The molecule has 1 aromatic heterocycles. The zero-order valence-corrected chi connectivity index (χ0v) is 16.1. The molecular formula is C22H21F3N4O. The molecule has 2 aromatic carbocycles. The standard InChI is InChI=1S/C22H21F3N4O/c23-22(24,25)30-18-8-4-7-16(13-18)19-14-20(29-21(28-19)27-17-9-10-17)26-12-11-15-5-2-1-3-6-15/h1-8,13-14,17H,9-12H2,(H2,26,27,28,29). The second-order valence-electron chi connectivity index (χ2n) is 7.12. The van der Waals surface area contributed by atoms with Gasteiger partial charge in [0, 0.05) is 24.2 Å². The van der Waals surface area contributed by atoms with Crippen LogP contribution in [0.2, 0.25) is 0 Å². The predicted molar refractivity (Wildman–Crippen MR) is 109 cm³/mol. The predicted octanol–water partition coefficient (Wildman–Crippen LogP) is 5.27. The number of benzene rings is 2. The number of halogens is 3. The Morgan fingerprint density at radius 1 is 0.967 bits per heavy atom. The van der Waals surface area contributed by atoms with E-state index in [0.717, 1.165) is 19.3 Å². The number of nitrogens with zero attached hydrogens (tertiary/aromatic N) is 2. The van der Waals surface area contributed by atoms with Crippen LogP contribution < -0.4 is 15.4 Å². The minimum Gasteiger partial charge on any atom is -0.406 e. The number of anilines is 2. The van der Waals surface area contributed by atoms with Gasteiger partial charge in [0.25, 0.3) is 0 Å². The minimum absolute atomic E-state index is 0.283. The lowest BCUT2D eigenvalue weighted by Crippen LogP contribution is -2.17. The number of nitrogens with one attached hydrogen (secondary N) is 2. The monoisotopic (exact) mass is 414 g/mol. The molecule has 156 valence electrons. The Morgan fingerprint density at radius 3 is 2.50 bits per heavy atom. The number of hydrogen-bond acceptors (Lipinski definition) is 5. The summed E-state index contributed by atoms with van der Waals surface area (Å²) < 4.78 is 41.7.